The Labute approximate surface area is 170 Å². The quantitative estimate of drug-likeness (QED) is 0.606. The molecule has 1 amide bonds. The Morgan fingerprint density at radius 1 is 1.10 bits per heavy atom. The van der Waals surface area contributed by atoms with Crippen molar-refractivity contribution in [3.63, 3.8) is 0 Å². The van der Waals surface area contributed by atoms with E-state index in [4.69, 9.17) is 4.74 Å². The Hall–Kier alpha value is -3.00. The fraction of sp³-hybridized carbons (Fsp3) is 0.286. The molecule has 8 heteroatoms. The van der Waals surface area contributed by atoms with Gasteiger partial charge in [0.25, 0.3) is 11.1 Å². The predicted molar refractivity (Wildman–Crippen MR) is 107 cm³/mol. The van der Waals surface area contributed by atoms with E-state index in [0.29, 0.717) is 42.3 Å². The van der Waals surface area contributed by atoms with Gasteiger partial charge in [0.1, 0.15) is 11.9 Å². The van der Waals surface area contributed by atoms with Crippen molar-refractivity contribution in [2.75, 3.05) is 20.2 Å². The highest BCUT2D eigenvalue weighted by atomic mass is 32.1. The van der Waals surface area contributed by atoms with E-state index in [1.54, 1.807) is 35.2 Å². The van der Waals surface area contributed by atoms with Crippen LogP contribution in [0.25, 0.3) is 10.2 Å². The maximum Gasteiger partial charge on any atom is 0.337 e. The van der Waals surface area contributed by atoms with Gasteiger partial charge >= 0.3 is 5.97 Å². The summed E-state index contributed by atoms with van der Waals surface area (Å²) in [6, 6.07) is 10.9. The molecule has 1 aliphatic heterocycles. The predicted octanol–water partition coefficient (Wildman–Crippen LogP) is 3.91. The number of carbonyl (C=O) groups excluding carboxylic acids is 2. The van der Waals surface area contributed by atoms with Crippen molar-refractivity contribution >= 4 is 33.4 Å². The molecule has 6 nitrogen and oxygen atoms in total. The van der Waals surface area contributed by atoms with Gasteiger partial charge in [-0.3, -0.25) is 4.79 Å². The first-order valence-electron chi connectivity index (χ1n) is 9.24. The molecule has 4 rings (SSSR count). The summed E-state index contributed by atoms with van der Waals surface area (Å²) in [6.07, 6.45) is 1.35. The molecule has 1 fully saturated rings. The van der Waals surface area contributed by atoms with Crippen molar-refractivity contribution in [3.05, 3.63) is 59.4 Å². The normalized spacial score (nSPS) is 14.8. The van der Waals surface area contributed by atoms with Crippen LogP contribution in [-0.2, 0) is 4.74 Å². The van der Waals surface area contributed by atoms with Gasteiger partial charge in [0.05, 0.1) is 22.9 Å². The number of hydrogen-bond donors (Lipinski definition) is 0. The van der Waals surface area contributed by atoms with Gasteiger partial charge in [0.2, 0.25) is 0 Å². The molecule has 2 heterocycles. The molecular formula is C21H19FN2O4S. The van der Waals surface area contributed by atoms with Crippen LogP contribution < -0.4 is 4.74 Å². The number of hydrogen-bond acceptors (Lipinski definition) is 6. The van der Waals surface area contributed by atoms with Crippen LogP contribution in [0.3, 0.4) is 0 Å². The summed E-state index contributed by atoms with van der Waals surface area (Å²) in [6.45, 7) is 1.14. The number of thiazole rings is 1. The first kappa shape index (κ1) is 19.3. The van der Waals surface area contributed by atoms with Crippen LogP contribution in [0.5, 0.6) is 5.19 Å². The SMILES string of the molecule is COC(=O)c1ccc(C(=O)N2CCC(Oc3nc4ccc(F)cc4s3)CC2)cc1. The minimum Gasteiger partial charge on any atom is -0.467 e. The van der Waals surface area contributed by atoms with Gasteiger partial charge in [-0.05, 0) is 42.5 Å². The number of carbonyl (C=O) groups is 2. The zero-order valence-corrected chi connectivity index (χ0v) is 16.6. The largest absolute Gasteiger partial charge is 0.467 e. The average Bonchev–Trinajstić information content (AvgIpc) is 3.14. The molecule has 1 aliphatic rings. The zero-order chi connectivity index (χ0) is 20.4. The monoisotopic (exact) mass is 414 g/mol. The fourth-order valence-corrected chi connectivity index (χ4v) is 4.20. The summed E-state index contributed by atoms with van der Waals surface area (Å²) in [4.78, 5) is 30.4. The highest BCUT2D eigenvalue weighted by molar-refractivity contribution is 7.20. The van der Waals surface area contributed by atoms with Crippen molar-refractivity contribution in [1.29, 1.82) is 0 Å². The number of methoxy groups -OCH3 is 1. The van der Waals surface area contributed by atoms with Gasteiger partial charge in [-0.25, -0.2) is 14.2 Å². The Morgan fingerprint density at radius 2 is 1.79 bits per heavy atom. The zero-order valence-electron chi connectivity index (χ0n) is 15.8. The Bertz CT molecular complexity index is 1040. The molecular weight excluding hydrogens is 395 g/mol. The lowest BCUT2D eigenvalue weighted by Crippen LogP contribution is -2.41. The highest BCUT2D eigenvalue weighted by Crippen LogP contribution is 2.30. The summed E-state index contributed by atoms with van der Waals surface area (Å²) in [5.74, 6) is -0.797. The summed E-state index contributed by atoms with van der Waals surface area (Å²) in [5.41, 5.74) is 1.66. The fourth-order valence-electron chi connectivity index (χ4n) is 3.30. The number of nitrogens with zero attached hydrogens (tertiary/aromatic N) is 2. The van der Waals surface area contributed by atoms with E-state index in [9.17, 15) is 14.0 Å². The first-order valence-corrected chi connectivity index (χ1v) is 10.1. The third-order valence-corrected chi connectivity index (χ3v) is 5.79. The number of likely N-dealkylation sites (tertiary alicyclic amines) is 1. The van der Waals surface area contributed by atoms with Crippen molar-refractivity contribution < 1.29 is 23.5 Å². The average molecular weight is 414 g/mol. The first-order chi connectivity index (χ1) is 14.0. The van der Waals surface area contributed by atoms with Crippen LogP contribution >= 0.6 is 11.3 Å². The summed E-state index contributed by atoms with van der Waals surface area (Å²) in [5, 5.41) is 0.522. The third kappa shape index (κ3) is 4.22. The van der Waals surface area contributed by atoms with E-state index < -0.39 is 5.97 Å². The number of piperidine rings is 1. The number of rotatable bonds is 4. The minimum absolute atomic E-state index is 0.0360. The minimum atomic E-state index is -0.431. The van der Waals surface area contributed by atoms with Crippen LogP contribution in [0.4, 0.5) is 4.39 Å². The Kier molecular flexibility index (Phi) is 5.44. The molecule has 0 radical (unpaired) electrons. The maximum atomic E-state index is 13.3. The van der Waals surface area contributed by atoms with Gasteiger partial charge in [0.15, 0.2) is 0 Å². The molecule has 1 saturated heterocycles. The third-order valence-electron chi connectivity index (χ3n) is 4.88. The summed E-state index contributed by atoms with van der Waals surface area (Å²) >= 11 is 1.32. The lowest BCUT2D eigenvalue weighted by molar-refractivity contribution is 0.0584. The molecule has 1 aromatic heterocycles. The van der Waals surface area contributed by atoms with E-state index in [1.165, 1.54) is 30.6 Å². The van der Waals surface area contributed by atoms with Crippen molar-refractivity contribution in [3.8, 4) is 5.19 Å². The maximum absolute atomic E-state index is 13.3. The number of benzene rings is 2. The second kappa shape index (κ2) is 8.16. The molecule has 2 aromatic carbocycles. The second-order valence-corrected chi connectivity index (χ2v) is 7.76. The Balaban J connectivity index is 1.34. The van der Waals surface area contributed by atoms with Crippen LogP contribution in [0, 0.1) is 5.82 Å². The van der Waals surface area contributed by atoms with E-state index in [2.05, 4.69) is 9.72 Å². The number of aromatic nitrogens is 1. The van der Waals surface area contributed by atoms with E-state index in [1.807, 2.05) is 0 Å². The topological polar surface area (TPSA) is 68.7 Å². The summed E-state index contributed by atoms with van der Waals surface area (Å²) < 4.78 is 24.7. The Morgan fingerprint density at radius 3 is 2.48 bits per heavy atom. The van der Waals surface area contributed by atoms with Gasteiger partial charge in [-0.15, -0.1) is 0 Å². The number of fused-ring (bicyclic) bond motifs is 1. The van der Waals surface area contributed by atoms with Crippen molar-refractivity contribution in [2.24, 2.45) is 0 Å². The van der Waals surface area contributed by atoms with Crippen LogP contribution in [0.15, 0.2) is 42.5 Å². The number of esters is 1. The van der Waals surface area contributed by atoms with Crippen molar-refractivity contribution in [1.82, 2.24) is 9.88 Å². The molecule has 0 aliphatic carbocycles. The summed E-state index contributed by atoms with van der Waals surface area (Å²) in [7, 11) is 1.32. The molecule has 3 aromatic rings. The lowest BCUT2D eigenvalue weighted by atomic mass is 10.1. The standard InChI is InChI=1S/C21H19FN2O4S/c1-27-20(26)14-4-2-13(3-5-14)19(25)24-10-8-16(9-11-24)28-21-23-17-7-6-15(22)12-18(17)29-21/h2-7,12,16H,8-11H2,1H3. The molecule has 29 heavy (non-hydrogen) atoms. The van der Waals surface area contributed by atoms with Gasteiger partial charge < -0.3 is 14.4 Å². The van der Waals surface area contributed by atoms with Gasteiger partial charge in [-0.1, -0.05) is 11.3 Å². The van der Waals surface area contributed by atoms with Crippen LogP contribution in [0.2, 0.25) is 0 Å². The lowest BCUT2D eigenvalue weighted by Gasteiger charge is -2.31. The van der Waals surface area contributed by atoms with Crippen LogP contribution in [-0.4, -0.2) is 48.1 Å². The highest BCUT2D eigenvalue weighted by Gasteiger charge is 2.25. The molecule has 0 saturated carbocycles. The number of halogens is 1. The van der Waals surface area contributed by atoms with Crippen LogP contribution in [0.1, 0.15) is 33.6 Å². The van der Waals surface area contributed by atoms with Crippen molar-refractivity contribution in [2.45, 2.75) is 18.9 Å². The smallest absolute Gasteiger partial charge is 0.337 e. The molecule has 0 atom stereocenters. The number of ether oxygens (including phenoxy) is 2. The van der Waals surface area contributed by atoms with E-state index >= 15 is 0 Å². The second-order valence-electron chi connectivity index (χ2n) is 6.77. The molecule has 0 spiro atoms. The molecule has 0 bridgehead atoms. The van der Waals surface area contributed by atoms with Gasteiger partial charge in [-0.2, -0.15) is 0 Å². The molecule has 150 valence electrons. The number of amides is 1. The molecule has 0 unspecified atom stereocenters. The van der Waals surface area contributed by atoms with E-state index in [0.717, 1.165) is 10.2 Å². The molecule has 0 N–H and O–H groups in total. The van der Waals surface area contributed by atoms with E-state index in [-0.39, 0.29) is 17.8 Å². The van der Waals surface area contributed by atoms with Gasteiger partial charge in [0, 0.05) is 31.5 Å².